The summed E-state index contributed by atoms with van der Waals surface area (Å²) in [5.41, 5.74) is 1.90. The van der Waals surface area contributed by atoms with E-state index < -0.39 is 0 Å². The molecule has 2 aromatic rings. The Hall–Kier alpha value is -2.96. The fourth-order valence-corrected chi connectivity index (χ4v) is 3.78. The summed E-state index contributed by atoms with van der Waals surface area (Å²) in [6.07, 6.45) is 3.95. The predicted molar refractivity (Wildman–Crippen MR) is 104 cm³/mol. The molecule has 148 valence electrons. The van der Waals surface area contributed by atoms with Gasteiger partial charge in [-0.2, -0.15) is 0 Å². The zero-order valence-corrected chi connectivity index (χ0v) is 15.9. The molecule has 2 aliphatic heterocycles. The monoisotopic (exact) mass is 383 g/mol. The van der Waals surface area contributed by atoms with Gasteiger partial charge in [-0.3, -0.25) is 4.79 Å². The first-order valence-corrected chi connectivity index (χ1v) is 9.74. The van der Waals surface area contributed by atoms with Gasteiger partial charge in [0.2, 0.25) is 5.91 Å². The van der Waals surface area contributed by atoms with Gasteiger partial charge in [-0.15, -0.1) is 0 Å². The van der Waals surface area contributed by atoms with Crippen molar-refractivity contribution in [2.24, 2.45) is 5.92 Å². The number of urea groups is 1. The number of piperidine rings is 1. The van der Waals surface area contributed by atoms with Gasteiger partial charge in [0.05, 0.1) is 12.8 Å². The second kappa shape index (κ2) is 7.96. The van der Waals surface area contributed by atoms with Gasteiger partial charge >= 0.3 is 6.03 Å². The summed E-state index contributed by atoms with van der Waals surface area (Å²) in [4.78, 5) is 26.6. The van der Waals surface area contributed by atoms with Gasteiger partial charge in [0.15, 0.2) is 0 Å². The molecule has 0 radical (unpaired) electrons. The molecule has 2 aliphatic rings. The molecule has 7 heteroatoms. The maximum absolute atomic E-state index is 12.6. The number of amides is 3. The molecular weight excluding hydrogens is 358 g/mol. The number of furan rings is 1. The molecule has 4 rings (SSSR count). The molecule has 2 N–H and O–H groups in total. The lowest BCUT2D eigenvalue weighted by atomic mass is 9.96. The van der Waals surface area contributed by atoms with E-state index in [0.29, 0.717) is 32.5 Å². The number of carbonyl (C=O) groups excluding carboxylic acids is 2. The van der Waals surface area contributed by atoms with Crippen molar-refractivity contribution in [2.75, 3.05) is 18.4 Å². The Morgan fingerprint density at radius 2 is 2.04 bits per heavy atom. The van der Waals surface area contributed by atoms with Gasteiger partial charge in [0, 0.05) is 31.1 Å². The Balaban J connectivity index is 1.25. The molecule has 1 fully saturated rings. The number of ether oxygens (including phenoxy) is 1. The number of fused-ring (bicyclic) bond motifs is 1. The molecule has 0 saturated carbocycles. The van der Waals surface area contributed by atoms with Crippen LogP contribution >= 0.6 is 0 Å². The number of nitrogens with zero attached hydrogens (tertiary/aromatic N) is 1. The maximum atomic E-state index is 12.6. The minimum atomic E-state index is -0.124. The molecule has 1 aromatic heterocycles. The van der Waals surface area contributed by atoms with Crippen LogP contribution in [0.3, 0.4) is 0 Å². The Morgan fingerprint density at radius 1 is 1.21 bits per heavy atom. The van der Waals surface area contributed by atoms with Crippen LogP contribution in [0.25, 0.3) is 0 Å². The Kier molecular flexibility index (Phi) is 5.23. The number of likely N-dealkylation sites (tertiary alicyclic amines) is 1. The molecule has 7 nitrogen and oxygen atoms in total. The first kappa shape index (κ1) is 18.4. The van der Waals surface area contributed by atoms with Crippen LogP contribution in [0.4, 0.5) is 10.5 Å². The summed E-state index contributed by atoms with van der Waals surface area (Å²) in [6.45, 7) is 3.56. The van der Waals surface area contributed by atoms with Gasteiger partial charge < -0.3 is 24.7 Å². The van der Waals surface area contributed by atoms with E-state index in [9.17, 15) is 9.59 Å². The summed E-state index contributed by atoms with van der Waals surface area (Å²) in [5, 5.41) is 5.86. The Morgan fingerprint density at radius 3 is 2.79 bits per heavy atom. The smallest absolute Gasteiger partial charge is 0.321 e. The second-order valence-corrected chi connectivity index (χ2v) is 7.44. The third-order valence-electron chi connectivity index (χ3n) is 5.32. The van der Waals surface area contributed by atoms with Crippen molar-refractivity contribution in [3.05, 3.63) is 47.9 Å². The molecule has 3 amide bonds. The topological polar surface area (TPSA) is 83.8 Å². The second-order valence-electron chi connectivity index (χ2n) is 7.44. The van der Waals surface area contributed by atoms with E-state index >= 15 is 0 Å². The molecule has 28 heavy (non-hydrogen) atoms. The maximum Gasteiger partial charge on any atom is 0.321 e. The third-order valence-corrected chi connectivity index (χ3v) is 5.32. The van der Waals surface area contributed by atoms with Crippen LogP contribution in [0.2, 0.25) is 0 Å². The van der Waals surface area contributed by atoms with E-state index in [1.54, 1.807) is 17.2 Å². The predicted octanol–water partition coefficient (Wildman–Crippen LogP) is 3.16. The molecule has 0 aliphatic carbocycles. The molecule has 0 bridgehead atoms. The Bertz CT molecular complexity index is 841. The number of carbonyl (C=O) groups is 2. The van der Waals surface area contributed by atoms with E-state index in [-0.39, 0.29) is 24.0 Å². The SMILES string of the molecule is C[C@@H]1Cc2cc(NC(=O)N3CCC(C(=O)NCc4ccco4)CC3)ccc2O1. The normalized spacial score (nSPS) is 19.0. The van der Waals surface area contributed by atoms with Gasteiger partial charge in [-0.05, 0) is 55.7 Å². The lowest BCUT2D eigenvalue weighted by Crippen LogP contribution is -2.44. The third kappa shape index (κ3) is 4.13. The summed E-state index contributed by atoms with van der Waals surface area (Å²) in [6, 6.07) is 9.26. The van der Waals surface area contributed by atoms with E-state index in [1.165, 1.54) is 0 Å². The van der Waals surface area contributed by atoms with Crippen molar-refractivity contribution < 1.29 is 18.7 Å². The minimum absolute atomic E-state index is 0.0178. The molecule has 1 atom stereocenters. The number of anilines is 1. The average molecular weight is 383 g/mol. The highest BCUT2D eigenvalue weighted by Gasteiger charge is 2.27. The van der Waals surface area contributed by atoms with Crippen molar-refractivity contribution in [3.63, 3.8) is 0 Å². The molecule has 1 saturated heterocycles. The van der Waals surface area contributed by atoms with Gasteiger partial charge in [-0.25, -0.2) is 4.79 Å². The van der Waals surface area contributed by atoms with Gasteiger partial charge in [0.1, 0.15) is 17.6 Å². The highest BCUT2D eigenvalue weighted by molar-refractivity contribution is 5.90. The molecule has 0 unspecified atom stereocenters. The first-order chi connectivity index (χ1) is 13.6. The quantitative estimate of drug-likeness (QED) is 0.849. The lowest BCUT2D eigenvalue weighted by molar-refractivity contribution is -0.126. The van der Waals surface area contributed by atoms with Crippen LogP contribution in [-0.2, 0) is 17.8 Å². The fourth-order valence-electron chi connectivity index (χ4n) is 3.78. The van der Waals surface area contributed by atoms with Crippen LogP contribution in [0, 0.1) is 5.92 Å². The van der Waals surface area contributed by atoms with Crippen LogP contribution < -0.4 is 15.4 Å². The van der Waals surface area contributed by atoms with Crippen LogP contribution in [0.15, 0.2) is 41.0 Å². The number of hydrogen-bond acceptors (Lipinski definition) is 4. The standard InChI is InChI=1S/C21H25N3O4/c1-14-11-16-12-17(4-5-19(16)28-14)23-21(26)24-8-6-15(7-9-24)20(25)22-13-18-3-2-10-27-18/h2-5,10,12,14-15H,6-9,11,13H2,1H3,(H,22,25)(H,23,26)/t14-/m1/s1. The summed E-state index contributed by atoms with van der Waals surface area (Å²) in [5.74, 6) is 1.58. The van der Waals surface area contributed by atoms with Crippen molar-refractivity contribution >= 4 is 17.6 Å². The number of hydrogen-bond donors (Lipinski definition) is 2. The number of rotatable bonds is 4. The lowest BCUT2D eigenvalue weighted by Gasteiger charge is -2.31. The van der Waals surface area contributed by atoms with E-state index in [2.05, 4.69) is 10.6 Å². The van der Waals surface area contributed by atoms with Crippen LogP contribution in [0.1, 0.15) is 31.1 Å². The van der Waals surface area contributed by atoms with Crippen molar-refractivity contribution in [1.29, 1.82) is 0 Å². The first-order valence-electron chi connectivity index (χ1n) is 9.74. The molecular formula is C21H25N3O4. The molecule has 0 spiro atoms. The molecule has 3 heterocycles. The average Bonchev–Trinajstić information content (AvgIpc) is 3.34. The van der Waals surface area contributed by atoms with E-state index in [0.717, 1.165) is 29.2 Å². The summed E-state index contributed by atoms with van der Waals surface area (Å²) >= 11 is 0. The highest BCUT2D eigenvalue weighted by Crippen LogP contribution is 2.31. The number of nitrogens with one attached hydrogen (secondary N) is 2. The zero-order chi connectivity index (χ0) is 19.5. The van der Waals surface area contributed by atoms with Crippen LogP contribution in [0.5, 0.6) is 5.75 Å². The van der Waals surface area contributed by atoms with Gasteiger partial charge in [-0.1, -0.05) is 0 Å². The van der Waals surface area contributed by atoms with E-state index in [4.69, 9.17) is 9.15 Å². The molecule has 1 aromatic carbocycles. The van der Waals surface area contributed by atoms with Crippen molar-refractivity contribution in [2.45, 2.75) is 38.8 Å². The Labute approximate surface area is 164 Å². The summed E-state index contributed by atoms with van der Waals surface area (Å²) in [7, 11) is 0. The summed E-state index contributed by atoms with van der Waals surface area (Å²) < 4.78 is 10.9. The van der Waals surface area contributed by atoms with Crippen molar-refractivity contribution in [3.8, 4) is 5.75 Å². The minimum Gasteiger partial charge on any atom is -0.490 e. The zero-order valence-electron chi connectivity index (χ0n) is 15.9. The van der Waals surface area contributed by atoms with Crippen LogP contribution in [-0.4, -0.2) is 36.0 Å². The fraction of sp³-hybridized carbons (Fsp3) is 0.429. The van der Waals surface area contributed by atoms with E-state index in [1.807, 2.05) is 31.2 Å². The largest absolute Gasteiger partial charge is 0.490 e. The number of benzene rings is 1. The van der Waals surface area contributed by atoms with Crippen molar-refractivity contribution in [1.82, 2.24) is 10.2 Å². The highest BCUT2D eigenvalue weighted by atomic mass is 16.5. The van der Waals surface area contributed by atoms with Gasteiger partial charge in [0.25, 0.3) is 0 Å².